The number of carboxylic acids is 1. The summed E-state index contributed by atoms with van der Waals surface area (Å²) in [5.74, 6) is -0.756. The highest BCUT2D eigenvalue weighted by Crippen LogP contribution is 2.45. The molecule has 2 N–H and O–H groups in total. The Bertz CT molecular complexity index is 473. The minimum absolute atomic E-state index is 0.0808. The molecule has 0 spiro atoms. The molecule has 0 heterocycles. The Morgan fingerprint density at radius 2 is 2.11 bits per heavy atom. The van der Waals surface area contributed by atoms with Crippen molar-refractivity contribution in [3.05, 3.63) is 28.7 Å². The summed E-state index contributed by atoms with van der Waals surface area (Å²) in [5, 5.41) is 12.8. The van der Waals surface area contributed by atoms with Crippen molar-refractivity contribution in [2.45, 2.75) is 38.6 Å². The molecule has 98 valence electrons. The van der Waals surface area contributed by atoms with Gasteiger partial charge in [-0.25, -0.2) is 4.79 Å². The van der Waals surface area contributed by atoms with Gasteiger partial charge < -0.3 is 10.4 Å². The van der Waals surface area contributed by atoms with Gasteiger partial charge in [0, 0.05) is 10.2 Å². The Morgan fingerprint density at radius 1 is 1.39 bits per heavy atom. The maximum Gasteiger partial charge on any atom is 0.329 e. The second kappa shape index (κ2) is 4.57. The summed E-state index contributed by atoms with van der Waals surface area (Å²) in [4.78, 5) is 11.6. The number of hydrogen-bond acceptors (Lipinski definition) is 2. The van der Waals surface area contributed by atoms with E-state index in [2.05, 4.69) is 35.1 Å². The summed E-state index contributed by atoms with van der Waals surface area (Å²) in [6.45, 7) is 4.25. The van der Waals surface area contributed by atoms with Crippen molar-refractivity contribution < 1.29 is 9.90 Å². The fraction of sp³-hybridized carbons (Fsp3) is 0.500. The SMILES string of the molecule is CC1(C)CCC(Nc2cccc(Br)c2)(C(=O)O)C1. The van der Waals surface area contributed by atoms with E-state index >= 15 is 0 Å². The third-order valence-electron chi connectivity index (χ3n) is 3.63. The molecular formula is C14H18BrNO2. The van der Waals surface area contributed by atoms with Crippen LogP contribution in [0.25, 0.3) is 0 Å². The van der Waals surface area contributed by atoms with Crippen LogP contribution in [0.5, 0.6) is 0 Å². The highest BCUT2D eigenvalue weighted by Gasteiger charge is 2.48. The Morgan fingerprint density at radius 3 is 2.61 bits per heavy atom. The van der Waals surface area contributed by atoms with Crippen molar-refractivity contribution in [3.8, 4) is 0 Å². The zero-order valence-electron chi connectivity index (χ0n) is 10.7. The molecule has 1 atom stereocenters. The predicted molar refractivity (Wildman–Crippen MR) is 75.8 cm³/mol. The number of aliphatic carboxylic acids is 1. The summed E-state index contributed by atoms with van der Waals surface area (Å²) in [7, 11) is 0. The Balaban J connectivity index is 2.26. The van der Waals surface area contributed by atoms with Crippen LogP contribution in [0.3, 0.4) is 0 Å². The fourth-order valence-corrected chi connectivity index (χ4v) is 3.13. The van der Waals surface area contributed by atoms with Gasteiger partial charge >= 0.3 is 5.97 Å². The molecule has 0 aromatic heterocycles. The van der Waals surface area contributed by atoms with E-state index in [1.165, 1.54) is 0 Å². The lowest BCUT2D eigenvalue weighted by Gasteiger charge is -2.29. The van der Waals surface area contributed by atoms with Crippen LogP contribution >= 0.6 is 15.9 Å². The molecule has 2 rings (SSSR count). The molecule has 1 aliphatic carbocycles. The number of halogens is 1. The van der Waals surface area contributed by atoms with E-state index in [-0.39, 0.29) is 5.41 Å². The normalized spacial score (nSPS) is 25.9. The highest BCUT2D eigenvalue weighted by atomic mass is 79.9. The average Bonchev–Trinajstić information content (AvgIpc) is 2.55. The molecule has 4 heteroatoms. The molecule has 18 heavy (non-hydrogen) atoms. The van der Waals surface area contributed by atoms with E-state index in [1.807, 2.05) is 24.3 Å². The van der Waals surface area contributed by atoms with Crippen LogP contribution < -0.4 is 5.32 Å². The molecule has 1 aromatic rings. The Labute approximate surface area is 116 Å². The number of carbonyl (C=O) groups is 1. The van der Waals surface area contributed by atoms with Crippen LogP contribution in [0.15, 0.2) is 28.7 Å². The average molecular weight is 312 g/mol. The molecule has 0 aliphatic heterocycles. The summed E-state index contributed by atoms with van der Waals surface area (Å²) in [6.07, 6.45) is 2.25. The van der Waals surface area contributed by atoms with Crippen LogP contribution in [0, 0.1) is 5.41 Å². The van der Waals surface area contributed by atoms with Gasteiger partial charge in [-0.1, -0.05) is 35.8 Å². The van der Waals surface area contributed by atoms with Gasteiger partial charge in [0.25, 0.3) is 0 Å². The van der Waals surface area contributed by atoms with Crippen LogP contribution in [-0.4, -0.2) is 16.6 Å². The second-order valence-corrected chi connectivity index (χ2v) is 6.78. The van der Waals surface area contributed by atoms with Gasteiger partial charge in [-0.15, -0.1) is 0 Å². The van der Waals surface area contributed by atoms with Crippen molar-refractivity contribution in [3.63, 3.8) is 0 Å². The van der Waals surface area contributed by atoms with Crippen molar-refractivity contribution >= 4 is 27.6 Å². The maximum absolute atomic E-state index is 11.6. The molecular weight excluding hydrogens is 294 g/mol. The van der Waals surface area contributed by atoms with E-state index < -0.39 is 11.5 Å². The molecule has 1 saturated carbocycles. The van der Waals surface area contributed by atoms with Crippen molar-refractivity contribution in [2.24, 2.45) is 5.41 Å². The smallest absolute Gasteiger partial charge is 0.329 e. The quantitative estimate of drug-likeness (QED) is 0.890. The number of nitrogens with one attached hydrogen (secondary N) is 1. The van der Waals surface area contributed by atoms with Crippen LogP contribution in [0.2, 0.25) is 0 Å². The van der Waals surface area contributed by atoms with E-state index in [9.17, 15) is 9.90 Å². The standard InChI is InChI=1S/C14H18BrNO2/c1-13(2)6-7-14(9-13,12(17)18)16-11-5-3-4-10(15)8-11/h3-5,8,16H,6-7,9H2,1-2H3,(H,17,18). The lowest BCUT2D eigenvalue weighted by molar-refractivity contribution is -0.142. The number of carboxylic acid groups (broad SMARTS) is 1. The maximum atomic E-state index is 11.6. The molecule has 1 fully saturated rings. The van der Waals surface area contributed by atoms with Crippen LogP contribution in [0.1, 0.15) is 33.1 Å². The van der Waals surface area contributed by atoms with E-state index in [1.54, 1.807) is 0 Å². The lowest BCUT2D eigenvalue weighted by Crippen LogP contribution is -2.44. The molecule has 1 aromatic carbocycles. The van der Waals surface area contributed by atoms with Gasteiger partial charge in [0.05, 0.1) is 0 Å². The molecule has 0 saturated heterocycles. The van der Waals surface area contributed by atoms with Gasteiger partial charge in [-0.3, -0.25) is 0 Å². The monoisotopic (exact) mass is 311 g/mol. The minimum atomic E-state index is -0.829. The third-order valence-corrected chi connectivity index (χ3v) is 4.12. The number of anilines is 1. The summed E-state index contributed by atoms with van der Waals surface area (Å²) in [5.41, 5.74) is 0.103. The molecule has 0 amide bonds. The van der Waals surface area contributed by atoms with Gasteiger partial charge in [0.2, 0.25) is 0 Å². The Kier molecular flexibility index (Phi) is 3.41. The number of hydrogen-bond donors (Lipinski definition) is 2. The molecule has 0 bridgehead atoms. The first-order chi connectivity index (χ1) is 8.33. The van der Waals surface area contributed by atoms with Gasteiger partial charge in [-0.2, -0.15) is 0 Å². The minimum Gasteiger partial charge on any atom is -0.480 e. The zero-order chi connectivity index (χ0) is 13.4. The first kappa shape index (κ1) is 13.4. The topological polar surface area (TPSA) is 49.3 Å². The van der Waals surface area contributed by atoms with Gasteiger partial charge in [0.1, 0.15) is 5.54 Å². The lowest BCUT2D eigenvalue weighted by atomic mass is 9.87. The largest absolute Gasteiger partial charge is 0.480 e. The summed E-state index contributed by atoms with van der Waals surface area (Å²) in [6, 6.07) is 7.65. The van der Waals surface area contributed by atoms with E-state index in [0.717, 1.165) is 16.6 Å². The molecule has 1 aliphatic rings. The number of benzene rings is 1. The van der Waals surface area contributed by atoms with Gasteiger partial charge in [0.15, 0.2) is 0 Å². The van der Waals surface area contributed by atoms with Crippen molar-refractivity contribution in [1.82, 2.24) is 0 Å². The van der Waals surface area contributed by atoms with Crippen LogP contribution in [-0.2, 0) is 4.79 Å². The third kappa shape index (κ3) is 2.69. The van der Waals surface area contributed by atoms with E-state index in [0.29, 0.717) is 12.8 Å². The predicted octanol–water partition coefficient (Wildman–Crippen LogP) is 3.89. The number of rotatable bonds is 3. The fourth-order valence-electron chi connectivity index (χ4n) is 2.73. The molecule has 3 nitrogen and oxygen atoms in total. The van der Waals surface area contributed by atoms with Crippen molar-refractivity contribution in [2.75, 3.05) is 5.32 Å². The first-order valence-corrected chi connectivity index (χ1v) is 6.90. The first-order valence-electron chi connectivity index (χ1n) is 6.10. The van der Waals surface area contributed by atoms with Crippen LogP contribution in [0.4, 0.5) is 5.69 Å². The summed E-state index contributed by atoms with van der Waals surface area (Å²) < 4.78 is 0.949. The second-order valence-electron chi connectivity index (χ2n) is 5.86. The zero-order valence-corrected chi connectivity index (χ0v) is 12.3. The summed E-state index contributed by atoms with van der Waals surface area (Å²) >= 11 is 3.40. The highest BCUT2D eigenvalue weighted by molar-refractivity contribution is 9.10. The van der Waals surface area contributed by atoms with Crippen molar-refractivity contribution in [1.29, 1.82) is 0 Å². The Hall–Kier alpha value is -1.03. The van der Waals surface area contributed by atoms with Gasteiger partial charge in [-0.05, 0) is 42.9 Å². The molecule has 1 unspecified atom stereocenters. The molecule has 0 radical (unpaired) electrons. The van der Waals surface area contributed by atoms with E-state index in [4.69, 9.17) is 0 Å².